The second kappa shape index (κ2) is 13.9. The molecule has 3 heterocycles. The molecule has 8 nitrogen and oxygen atoms in total. The SMILES string of the molecule is COCCN=C(NCCc1ccco1)N1CCN(CC(=O)N2CCCCC2)CC1.I. The molecule has 0 saturated carbocycles. The van der Waals surface area contributed by atoms with Gasteiger partial charge in [-0.1, -0.05) is 0 Å². The average molecular weight is 533 g/mol. The van der Waals surface area contributed by atoms with Crippen LogP contribution in [0.3, 0.4) is 0 Å². The standard InChI is InChI=1S/C21H35N5O3.HI/c1-28-17-9-23-21(22-8-7-19-6-5-16-29-19)26-14-12-24(13-15-26)18-20(27)25-10-3-2-4-11-25;/h5-6,16H,2-4,7-15,17-18H2,1H3,(H,22,23);1H. The second-order valence-electron chi connectivity index (χ2n) is 7.66. The highest BCUT2D eigenvalue weighted by atomic mass is 127. The van der Waals surface area contributed by atoms with E-state index in [2.05, 4.69) is 15.1 Å². The van der Waals surface area contributed by atoms with Crippen LogP contribution in [0.4, 0.5) is 0 Å². The molecule has 1 amide bonds. The normalized spacial score (nSPS) is 18.2. The van der Waals surface area contributed by atoms with E-state index in [1.165, 1.54) is 6.42 Å². The Morgan fingerprint density at radius 3 is 2.57 bits per heavy atom. The van der Waals surface area contributed by atoms with Crippen LogP contribution < -0.4 is 5.32 Å². The molecule has 2 aliphatic heterocycles. The predicted octanol–water partition coefficient (Wildman–Crippen LogP) is 1.66. The number of furan rings is 1. The van der Waals surface area contributed by atoms with E-state index in [0.29, 0.717) is 19.7 Å². The molecule has 9 heteroatoms. The Kier molecular flexibility index (Phi) is 11.5. The summed E-state index contributed by atoms with van der Waals surface area (Å²) in [4.78, 5) is 23.8. The smallest absolute Gasteiger partial charge is 0.236 e. The highest BCUT2D eigenvalue weighted by molar-refractivity contribution is 14.0. The minimum Gasteiger partial charge on any atom is -0.469 e. The van der Waals surface area contributed by atoms with Gasteiger partial charge in [-0.2, -0.15) is 0 Å². The number of halogens is 1. The maximum absolute atomic E-state index is 12.5. The molecule has 1 aromatic heterocycles. The molecule has 0 spiro atoms. The van der Waals surface area contributed by atoms with Gasteiger partial charge in [0.1, 0.15) is 5.76 Å². The molecule has 30 heavy (non-hydrogen) atoms. The number of hydrogen-bond acceptors (Lipinski definition) is 5. The molecule has 0 atom stereocenters. The van der Waals surface area contributed by atoms with Crippen molar-refractivity contribution in [1.29, 1.82) is 0 Å². The summed E-state index contributed by atoms with van der Waals surface area (Å²) in [6, 6.07) is 3.90. The number of guanidine groups is 1. The Morgan fingerprint density at radius 1 is 1.13 bits per heavy atom. The first-order valence-corrected chi connectivity index (χ1v) is 10.8. The van der Waals surface area contributed by atoms with Gasteiger partial charge in [-0.3, -0.25) is 14.7 Å². The minimum absolute atomic E-state index is 0. The molecule has 3 rings (SSSR count). The number of amides is 1. The van der Waals surface area contributed by atoms with E-state index in [0.717, 1.165) is 76.8 Å². The molecule has 0 radical (unpaired) electrons. The molecule has 0 bridgehead atoms. The molecule has 2 saturated heterocycles. The molecule has 1 aromatic rings. The van der Waals surface area contributed by atoms with Gasteiger partial charge in [0.25, 0.3) is 0 Å². The fourth-order valence-electron chi connectivity index (χ4n) is 3.82. The van der Waals surface area contributed by atoms with Crippen molar-refractivity contribution in [2.45, 2.75) is 25.7 Å². The Morgan fingerprint density at radius 2 is 1.90 bits per heavy atom. The van der Waals surface area contributed by atoms with E-state index in [4.69, 9.17) is 14.1 Å². The second-order valence-corrected chi connectivity index (χ2v) is 7.66. The Hall–Kier alpha value is -1.33. The zero-order chi connectivity index (χ0) is 20.3. The zero-order valence-corrected chi connectivity index (χ0v) is 20.4. The highest BCUT2D eigenvalue weighted by Gasteiger charge is 2.24. The third kappa shape index (κ3) is 8.07. The monoisotopic (exact) mass is 533 g/mol. The van der Waals surface area contributed by atoms with Crippen molar-refractivity contribution in [3.05, 3.63) is 24.2 Å². The van der Waals surface area contributed by atoms with Crippen LogP contribution in [0.2, 0.25) is 0 Å². The van der Waals surface area contributed by atoms with Crippen molar-refractivity contribution < 1.29 is 13.9 Å². The van der Waals surface area contributed by atoms with E-state index in [-0.39, 0.29) is 29.9 Å². The van der Waals surface area contributed by atoms with E-state index in [9.17, 15) is 4.79 Å². The number of hydrogen-bond donors (Lipinski definition) is 1. The fraction of sp³-hybridized carbons (Fsp3) is 0.714. The van der Waals surface area contributed by atoms with E-state index >= 15 is 0 Å². The Labute approximate surface area is 197 Å². The number of likely N-dealkylation sites (tertiary alicyclic amines) is 1. The summed E-state index contributed by atoms with van der Waals surface area (Å²) in [6.45, 7) is 7.89. The van der Waals surface area contributed by atoms with E-state index in [1.54, 1.807) is 13.4 Å². The van der Waals surface area contributed by atoms with Crippen LogP contribution in [0.1, 0.15) is 25.0 Å². The fourth-order valence-corrected chi connectivity index (χ4v) is 3.82. The molecule has 1 N–H and O–H groups in total. The van der Waals surface area contributed by atoms with Crippen LogP contribution in [0, 0.1) is 0 Å². The van der Waals surface area contributed by atoms with Crippen molar-refractivity contribution in [1.82, 2.24) is 20.0 Å². The summed E-state index contributed by atoms with van der Waals surface area (Å²) in [5, 5.41) is 3.46. The summed E-state index contributed by atoms with van der Waals surface area (Å²) < 4.78 is 10.5. The van der Waals surface area contributed by atoms with E-state index < -0.39 is 0 Å². The number of carbonyl (C=O) groups is 1. The van der Waals surface area contributed by atoms with Crippen LogP contribution >= 0.6 is 24.0 Å². The first-order chi connectivity index (χ1) is 14.3. The molecule has 0 unspecified atom stereocenters. The number of aliphatic imine (C=N–C) groups is 1. The summed E-state index contributed by atoms with van der Waals surface area (Å²) in [7, 11) is 1.69. The van der Waals surface area contributed by atoms with Gasteiger partial charge in [-0.15, -0.1) is 24.0 Å². The first kappa shape index (κ1) is 24.9. The average Bonchev–Trinajstić information content (AvgIpc) is 3.27. The lowest BCUT2D eigenvalue weighted by atomic mass is 10.1. The molecule has 0 aliphatic carbocycles. The van der Waals surface area contributed by atoms with Crippen molar-refractivity contribution in [3.8, 4) is 0 Å². The quantitative estimate of drug-likeness (QED) is 0.237. The third-order valence-electron chi connectivity index (χ3n) is 5.53. The molecule has 170 valence electrons. The van der Waals surface area contributed by atoms with Crippen molar-refractivity contribution >= 4 is 35.8 Å². The topological polar surface area (TPSA) is 73.5 Å². The molecule has 0 aromatic carbocycles. The number of carbonyl (C=O) groups excluding carboxylic acids is 1. The van der Waals surface area contributed by atoms with Gasteiger partial charge < -0.3 is 24.3 Å². The zero-order valence-electron chi connectivity index (χ0n) is 18.1. The number of ether oxygens (including phenoxy) is 1. The number of nitrogens with zero attached hydrogens (tertiary/aromatic N) is 4. The van der Waals surface area contributed by atoms with Crippen LogP contribution in [0.15, 0.2) is 27.8 Å². The Balaban J connectivity index is 0.00000320. The van der Waals surface area contributed by atoms with Crippen molar-refractivity contribution in [2.24, 2.45) is 4.99 Å². The molecule has 2 fully saturated rings. The minimum atomic E-state index is 0. The number of methoxy groups -OCH3 is 1. The molecular weight excluding hydrogens is 497 g/mol. The number of piperidine rings is 1. The van der Waals surface area contributed by atoms with Gasteiger partial charge >= 0.3 is 0 Å². The number of nitrogens with one attached hydrogen (secondary N) is 1. The van der Waals surface area contributed by atoms with E-state index in [1.807, 2.05) is 17.0 Å². The summed E-state index contributed by atoms with van der Waals surface area (Å²) in [6.07, 6.45) is 6.06. The molecular formula is C21H36IN5O3. The van der Waals surface area contributed by atoms with Crippen LogP contribution in [-0.2, 0) is 16.0 Å². The number of rotatable bonds is 8. The largest absolute Gasteiger partial charge is 0.469 e. The Bertz CT molecular complexity index is 627. The lowest BCUT2D eigenvalue weighted by Crippen LogP contribution is -2.54. The van der Waals surface area contributed by atoms with Gasteiger partial charge in [0, 0.05) is 59.3 Å². The summed E-state index contributed by atoms with van der Waals surface area (Å²) >= 11 is 0. The van der Waals surface area contributed by atoms with Gasteiger partial charge in [0.2, 0.25) is 5.91 Å². The van der Waals surface area contributed by atoms with Crippen LogP contribution in [0.25, 0.3) is 0 Å². The van der Waals surface area contributed by atoms with Crippen molar-refractivity contribution in [2.75, 3.05) is 72.6 Å². The van der Waals surface area contributed by atoms with Gasteiger partial charge in [-0.25, -0.2) is 0 Å². The lowest BCUT2D eigenvalue weighted by molar-refractivity contribution is -0.133. The van der Waals surface area contributed by atoms with Gasteiger partial charge in [0.15, 0.2) is 5.96 Å². The maximum Gasteiger partial charge on any atom is 0.236 e. The predicted molar refractivity (Wildman–Crippen MR) is 128 cm³/mol. The van der Waals surface area contributed by atoms with Gasteiger partial charge in [-0.05, 0) is 31.4 Å². The molecule has 2 aliphatic rings. The first-order valence-electron chi connectivity index (χ1n) is 10.8. The van der Waals surface area contributed by atoms with Gasteiger partial charge in [0.05, 0.1) is 26.0 Å². The van der Waals surface area contributed by atoms with Crippen molar-refractivity contribution in [3.63, 3.8) is 0 Å². The summed E-state index contributed by atoms with van der Waals surface area (Å²) in [5.74, 6) is 2.16. The third-order valence-corrected chi connectivity index (χ3v) is 5.53. The van der Waals surface area contributed by atoms with Crippen LogP contribution in [-0.4, -0.2) is 99.2 Å². The summed E-state index contributed by atoms with van der Waals surface area (Å²) in [5.41, 5.74) is 0. The lowest BCUT2D eigenvalue weighted by Gasteiger charge is -2.37. The highest BCUT2D eigenvalue weighted by Crippen LogP contribution is 2.10. The number of piperazine rings is 1. The maximum atomic E-state index is 12.5. The van der Waals surface area contributed by atoms with Crippen LogP contribution in [0.5, 0.6) is 0 Å².